The van der Waals surface area contributed by atoms with E-state index in [0.29, 0.717) is 24.2 Å². The Morgan fingerprint density at radius 1 is 1.12 bits per heavy atom. The quantitative estimate of drug-likeness (QED) is 0.717. The number of ether oxygens (including phenoxy) is 1. The molecule has 1 fully saturated rings. The number of likely N-dealkylation sites (tertiary alicyclic amines) is 1. The molecule has 0 aliphatic carbocycles. The summed E-state index contributed by atoms with van der Waals surface area (Å²) in [5.41, 5.74) is 2.25. The molecule has 0 unspecified atom stereocenters. The van der Waals surface area contributed by atoms with Crippen molar-refractivity contribution in [2.45, 2.75) is 45.1 Å². The van der Waals surface area contributed by atoms with Gasteiger partial charge in [-0.2, -0.15) is 0 Å². The van der Waals surface area contributed by atoms with Crippen LogP contribution in [-0.4, -0.2) is 39.7 Å². The van der Waals surface area contributed by atoms with E-state index >= 15 is 0 Å². The Labute approximate surface area is 147 Å². The highest BCUT2D eigenvalue weighted by Crippen LogP contribution is 2.28. The third kappa shape index (κ3) is 3.96. The van der Waals surface area contributed by atoms with Gasteiger partial charge in [-0.25, -0.2) is 9.78 Å². The first kappa shape index (κ1) is 17.0. The second-order valence-electron chi connectivity index (χ2n) is 7.15. The molecule has 1 amide bonds. The maximum absolute atomic E-state index is 12.1. The number of fused-ring (bicyclic) bond motifs is 1. The van der Waals surface area contributed by atoms with Crippen LogP contribution in [0.25, 0.3) is 11.0 Å². The van der Waals surface area contributed by atoms with E-state index in [1.54, 1.807) is 11.0 Å². The van der Waals surface area contributed by atoms with Crippen LogP contribution in [0.1, 0.15) is 45.2 Å². The van der Waals surface area contributed by atoms with Crippen LogP contribution >= 0.6 is 11.6 Å². The third-order valence-corrected chi connectivity index (χ3v) is 4.31. The molecule has 0 radical (unpaired) electrons. The fourth-order valence-electron chi connectivity index (χ4n) is 2.91. The van der Waals surface area contributed by atoms with E-state index in [9.17, 15) is 4.79 Å². The van der Waals surface area contributed by atoms with Crippen LogP contribution in [0.3, 0.4) is 0 Å². The molecule has 128 valence electrons. The van der Waals surface area contributed by atoms with Crippen molar-refractivity contribution in [1.82, 2.24) is 14.9 Å². The predicted molar refractivity (Wildman–Crippen MR) is 94.3 cm³/mol. The molecule has 0 aromatic carbocycles. The first-order chi connectivity index (χ1) is 11.3. The van der Waals surface area contributed by atoms with Gasteiger partial charge in [0.25, 0.3) is 0 Å². The second-order valence-corrected chi connectivity index (χ2v) is 7.54. The van der Waals surface area contributed by atoms with Crippen LogP contribution < -0.4 is 0 Å². The Hall–Kier alpha value is -1.88. The van der Waals surface area contributed by atoms with Gasteiger partial charge in [-0.05, 0) is 57.9 Å². The molecule has 0 atom stereocenters. The number of amides is 1. The highest BCUT2D eigenvalue weighted by molar-refractivity contribution is 6.29. The van der Waals surface area contributed by atoms with Gasteiger partial charge in [-0.3, -0.25) is 4.98 Å². The van der Waals surface area contributed by atoms with Crippen molar-refractivity contribution in [3.63, 3.8) is 0 Å². The van der Waals surface area contributed by atoms with Gasteiger partial charge in [0, 0.05) is 24.7 Å². The molecular weight excluding hydrogens is 326 g/mol. The standard InChI is InChI=1S/C18H22ClN3O2/c1-18(2,3)24-17(23)22-10-8-12(9-11-22)13-4-5-15-14(20-13)6-7-16(19)21-15/h4-7,12H,8-11H2,1-3H3. The summed E-state index contributed by atoms with van der Waals surface area (Å²) in [5, 5.41) is 0.475. The van der Waals surface area contributed by atoms with Crippen LogP contribution in [0, 0.1) is 0 Å². The van der Waals surface area contributed by atoms with E-state index < -0.39 is 5.60 Å². The number of hydrogen-bond acceptors (Lipinski definition) is 4. The molecule has 2 aromatic heterocycles. The van der Waals surface area contributed by atoms with Gasteiger partial charge in [-0.15, -0.1) is 0 Å². The molecule has 3 heterocycles. The smallest absolute Gasteiger partial charge is 0.410 e. The maximum Gasteiger partial charge on any atom is 0.410 e. The normalized spacial score (nSPS) is 16.4. The van der Waals surface area contributed by atoms with Crippen molar-refractivity contribution < 1.29 is 9.53 Å². The lowest BCUT2D eigenvalue weighted by Gasteiger charge is -2.33. The van der Waals surface area contributed by atoms with E-state index in [2.05, 4.69) is 4.98 Å². The Morgan fingerprint density at radius 2 is 1.75 bits per heavy atom. The Bertz CT molecular complexity index is 750. The fraction of sp³-hybridized carbons (Fsp3) is 0.500. The molecule has 1 aliphatic heterocycles. The average molecular weight is 348 g/mol. The molecule has 5 nitrogen and oxygen atoms in total. The molecule has 0 spiro atoms. The van der Waals surface area contributed by atoms with Crippen LogP contribution in [0.15, 0.2) is 24.3 Å². The number of hydrogen-bond donors (Lipinski definition) is 0. The van der Waals surface area contributed by atoms with Crippen LogP contribution in [0.5, 0.6) is 0 Å². The van der Waals surface area contributed by atoms with Crippen molar-refractivity contribution in [2.75, 3.05) is 13.1 Å². The van der Waals surface area contributed by atoms with Crippen LogP contribution in [0.2, 0.25) is 5.15 Å². The monoisotopic (exact) mass is 347 g/mol. The summed E-state index contributed by atoms with van der Waals surface area (Å²) in [4.78, 5) is 22.9. The lowest BCUT2D eigenvalue weighted by Crippen LogP contribution is -2.41. The minimum absolute atomic E-state index is 0.230. The van der Waals surface area contributed by atoms with Gasteiger partial charge in [0.1, 0.15) is 10.8 Å². The summed E-state index contributed by atoms with van der Waals surface area (Å²) in [7, 11) is 0. The summed E-state index contributed by atoms with van der Waals surface area (Å²) in [6.07, 6.45) is 1.55. The minimum atomic E-state index is -0.456. The highest BCUT2D eigenvalue weighted by Gasteiger charge is 2.28. The summed E-state index contributed by atoms with van der Waals surface area (Å²) >= 11 is 5.91. The molecule has 0 bridgehead atoms. The lowest BCUT2D eigenvalue weighted by atomic mass is 9.93. The molecular formula is C18H22ClN3O2. The number of rotatable bonds is 1. The van der Waals surface area contributed by atoms with Crippen molar-refractivity contribution in [3.05, 3.63) is 35.1 Å². The topological polar surface area (TPSA) is 55.3 Å². The molecule has 2 aromatic rings. The van der Waals surface area contributed by atoms with E-state index in [1.807, 2.05) is 39.0 Å². The summed E-state index contributed by atoms with van der Waals surface area (Å²) in [6.45, 7) is 7.04. The summed E-state index contributed by atoms with van der Waals surface area (Å²) < 4.78 is 5.44. The molecule has 1 saturated heterocycles. The zero-order valence-corrected chi connectivity index (χ0v) is 15.0. The maximum atomic E-state index is 12.1. The lowest BCUT2D eigenvalue weighted by molar-refractivity contribution is 0.0204. The number of carbonyl (C=O) groups is 1. The highest BCUT2D eigenvalue weighted by atomic mass is 35.5. The summed E-state index contributed by atoms with van der Waals surface area (Å²) in [5.74, 6) is 0.351. The predicted octanol–water partition coefficient (Wildman–Crippen LogP) is 4.40. The van der Waals surface area contributed by atoms with Gasteiger partial charge in [0.05, 0.1) is 11.0 Å². The van der Waals surface area contributed by atoms with Crippen molar-refractivity contribution in [3.8, 4) is 0 Å². The van der Waals surface area contributed by atoms with Crippen molar-refractivity contribution >= 4 is 28.7 Å². The third-order valence-electron chi connectivity index (χ3n) is 4.09. The van der Waals surface area contributed by atoms with Crippen molar-refractivity contribution in [2.24, 2.45) is 0 Å². The summed E-state index contributed by atoms with van der Waals surface area (Å²) in [6, 6.07) is 7.62. The molecule has 0 N–H and O–H groups in total. The van der Waals surface area contributed by atoms with E-state index in [0.717, 1.165) is 29.6 Å². The van der Waals surface area contributed by atoms with E-state index in [1.165, 1.54) is 0 Å². The van der Waals surface area contributed by atoms with Crippen LogP contribution in [0.4, 0.5) is 4.79 Å². The number of piperidine rings is 1. The SMILES string of the molecule is CC(C)(C)OC(=O)N1CCC(c2ccc3nc(Cl)ccc3n2)CC1. The van der Waals surface area contributed by atoms with Gasteiger partial charge < -0.3 is 9.64 Å². The first-order valence-corrected chi connectivity index (χ1v) is 8.61. The number of nitrogens with zero attached hydrogens (tertiary/aromatic N) is 3. The van der Waals surface area contributed by atoms with E-state index in [-0.39, 0.29) is 6.09 Å². The van der Waals surface area contributed by atoms with Gasteiger partial charge >= 0.3 is 6.09 Å². The second kappa shape index (κ2) is 6.55. The number of carbonyl (C=O) groups excluding carboxylic acids is 1. The number of aromatic nitrogens is 2. The molecule has 1 aliphatic rings. The zero-order valence-electron chi connectivity index (χ0n) is 14.3. The number of pyridine rings is 2. The van der Waals surface area contributed by atoms with E-state index in [4.69, 9.17) is 21.3 Å². The minimum Gasteiger partial charge on any atom is -0.444 e. The Morgan fingerprint density at radius 3 is 2.42 bits per heavy atom. The fourth-order valence-corrected chi connectivity index (χ4v) is 3.07. The molecule has 24 heavy (non-hydrogen) atoms. The first-order valence-electron chi connectivity index (χ1n) is 8.23. The van der Waals surface area contributed by atoms with Gasteiger partial charge in [0.2, 0.25) is 0 Å². The van der Waals surface area contributed by atoms with Crippen LogP contribution in [-0.2, 0) is 4.74 Å². The zero-order chi connectivity index (χ0) is 17.3. The average Bonchev–Trinajstić information content (AvgIpc) is 2.53. The largest absolute Gasteiger partial charge is 0.444 e. The van der Waals surface area contributed by atoms with Gasteiger partial charge in [0.15, 0.2) is 0 Å². The molecule has 6 heteroatoms. The van der Waals surface area contributed by atoms with Gasteiger partial charge in [-0.1, -0.05) is 11.6 Å². The number of halogens is 1. The molecule has 0 saturated carbocycles. The Balaban J connectivity index is 1.66. The molecule has 3 rings (SSSR count). The Kier molecular flexibility index (Phi) is 4.63. The van der Waals surface area contributed by atoms with Crippen molar-refractivity contribution in [1.29, 1.82) is 0 Å².